The lowest BCUT2D eigenvalue weighted by Crippen LogP contribution is -2.63. The van der Waals surface area contributed by atoms with Crippen molar-refractivity contribution in [2.24, 2.45) is 0 Å². The number of carbonyl (C=O) groups excluding carboxylic acids is 1. The first-order valence-electron chi connectivity index (χ1n) is 10.7. The predicted molar refractivity (Wildman–Crippen MR) is 103 cm³/mol. The number of rotatable bonds is 7. The number of ether oxygens (including phenoxy) is 4. The minimum atomic E-state index is -1.76. The van der Waals surface area contributed by atoms with Crippen LogP contribution in [0.1, 0.15) is 11.9 Å². The molecule has 0 aromatic carbocycles. The maximum Gasteiger partial charge on any atom is 0.410 e. The third-order valence-corrected chi connectivity index (χ3v) is 6.00. The fraction of sp³-hybridized carbons (Fsp3) is 0.833. The van der Waals surface area contributed by atoms with Crippen molar-refractivity contribution in [1.82, 2.24) is 19.9 Å². The van der Waals surface area contributed by atoms with Crippen molar-refractivity contribution in [3.8, 4) is 0 Å². The second-order valence-corrected chi connectivity index (χ2v) is 8.25. The molecule has 0 saturated carbocycles. The summed E-state index contributed by atoms with van der Waals surface area (Å²) in [5, 5.41) is 78.3. The van der Waals surface area contributed by atoms with Gasteiger partial charge in [-0.3, -0.25) is 4.90 Å². The lowest BCUT2D eigenvalue weighted by Gasteiger charge is -2.45. The zero-order chi connectivity index (χ0) is 24.6. The molecule has 0 spiro atoms. The molecule has 7 N–H and O–H groups in total. The number of nitrogens with zero attached hydrogens (tertiary/aromatic N) is 4. The molecule has 3 aliphatic rings. The van der Waals surface area contributed by atoms with E-state index in [-0.39, 0.29) is 13.2 Å². The molecule has 0 radical (unpaired) electrons. The van der Waals surface area contributed by atoms with E-state index in [1.54, 1.807) is 0 Å². The van der Waals surface area contributed by atoms with E-state index in [0.29, 0.717) is 12.2 Å². The van der Waals surface area contributed by atoms with Crippen LogP contribution in [0.2, 0.25) is 0 Å². The summed E-state index contributed by atoms with van der Waals surface area (Å²) in [7, 11) is 0. The van der Waals surface area contributed by atoms with Gasteiger partial charge in [0.25, 0.3) is 0 Å². The predicted octanol–water partition coefficient (Wildman–Crippen LogP) is -4.97. The zero-order valence-electron chi connectivity index (χ0n) is 17.8. The smallest absolute Gasteiger partial charge is 0.410 e. The Morgan fingerprint density at radius 3 is 2.35 bits per heavy atom. The molecule has 3 saturated heterocycles. The number of aromatic nitrogens is 3. The first-order chi connectivity index (χ1) is 16.2. The van der Waals surface area contributed by atoms with E-state index in [0.717, 1.165) is 4.68 Å². The lowest BCUT2D eigenvalue weighted by molar-refractivity contribution is -0.347. The molecule has 4 heterocycles. The van der Waals surface area contributed by atoms with E-state index in [1.807, 2.05) is 0 Å². The highest BCUT2D eigenvalue weighted by atomic mass is 16.7. The van der Waals surface area contributed by atoms with Crippen LogP contribution in [-0.2, 0) is 25.5 Å². The maximum atomic E-state index is 11.6. The summed E-state index contributed by atoms with van der Waals surface area (Å²) in [6.07, 6.45) is -14.3. The van der Waals surface area contributed by atoms with E-state index in [2.05, 4.69) is 10.3 Å². The Kier molecular flexibility index (Phi) is 7.63. The monoisotopic (exact) mass is 492 g/mol. The van der Waals surface area contributed by atoms with Crippen LogP contribution in [0.15, 0.2) is 6.20 Å². The Morgan fingerprint density at radius 1 is 0.971 bits per heavy atom. The van der Waals surface area contributed by atoms with Crippen LogP contribution in [0.25, 0.3) is 0 Å². The fourth-order valence-electron chi connectivity index (χ4n) is 4.06. The summed E-state index contributed by atoms with van der Waals surface area (Å²) >= 11 is 0. The minimum Gasteiger partial charge on any atom is -0.448 e. The highest BCUT2D eigenvalue weighted by Gasteiger charge is 2.51. The number of amides is 1. The molecule has 3 fully saturated rings. The van der Waals surface area contributed by atoms with Gasteiger partial charge in [-0.1, -0.05) is 5.21 Å². The van der Waals surface area contributed by atoms with Gasteiger partial charge in [-0.25, -0.2) is 9.48 Å². The van der Waals surface area contributed by atoms with Gasteiger partial charge in [-0.15, -0.1) is 5.10 Å². The third kappa shape index (κ3) is 4.74. The molecule has 3 aliphatic heterocycles. The summed E-state index contributed by atoms with van der Waals surface area (Å²) in [4.78, 5) is 13.0. The average Bonchev–Trinajstić information content (AvgIpc) is 3.46. The molecule has 4 rings (SSSR count). The van der Waals surface area contributed by atoms with Gasteiger partial charge >= 0.3 is 6.09 Å². The van der Waals surface area contributed by atoms with Crippen LogP contribution < -0.4 is 0 Å². The normalized spacial score (nSPS) is 41.0. The standard InChI is InChI=1S/C18H28N4O12/c23-5-8-10(25)11(26)14(29)17(33-8)34-15-9(6-24)32-16(13(28)12(15)27)22-4-7(19-20-22)3-21-1-2-31-18(21)30/h4,8-17,23-29H,1-3,5-6H2/t8-,9-,10+,11+,12-,13-,14-,15-,16-,17+/m1/s1. The molecule has 1 aromatic heterocycles. The molecule has 0 unspecified atom stereocenters. The topological polar surface area (TPSA) is 230 Å². The van der Waals surface area contributed by atoms with Gasteiger partial charge in [0.1, 0.15) is 61.1 Å². The molecular weight excluding hydrogens is 464 g/mol. The number of aliphatic hydroxyl groups excluding tert-OH is 7. The van der Waals surface area contributed by atoms with Crippen molar-refractivity contribution in [3.63, 3.8) is 0 Å². The first kappa shape index (κ1) is 25.1. The quantitative estimate of drug-likeness (QED) is 0.189. The van der Waals surface area contributed by atoms with Gasteiger partial charge in [0.15, 0.2) is 12.5 Å². The number of hydrogen-bond acceptors (Lipinski definition) is 14. The number of carbonyl (C=O) groups is 1. The van der Waals surface area contributed by atoms with Crippen LogP contribution in [0, 0.1) is 0 Å². The van der Waals surface area contributed by atoms with Crippen molar-refractivity contribution in [2.45, 2.75) is 67.9 Å². The number of cyclic esters (lactones) is 1. The summed E-state index contributed by atoms with van der Waals surface area (Å²) in [5.74, 6) is 0. The molecule has 16 heteroatoms. The molecule has 34 heavy (non-hydrogen) atoms. The molecule has 10 atom stereocenters. The average molecular weight is 492 g/mol. The van der Waals surface area contributed by atoms with E-state index in [1.165, 1.54) is 11.1 Å². The Morgan fingerprint density at radius 2 is 1.71 bits per heavy atom. The van der Waals surface area contributed by atoms with E-state index >= 15 is 0 Å². The Hall–Kier alpha value is -1.99. The van der Waals surface area contributed by atoms with Crippen LogP contribution >= 0.6 is 0 Å². The van der Waals surface area contributed by atoms with E-state index < -0.39 is 80.7 Å². The lowest BCUT2D eigenvalue weighted by atomic mass is 9.96. The molecule has 192 valence electrons. The number of hydrogen-bond donors (Lipinski definition) is 7. The highest BCUT2D eigenvalue weighted by Crippen LogP contribution is 2.32. The van der Waals surface area contributed by atoms with Gasteiger partial charge in [-0.05, 0) is 0 Å². The molecule has 1 amide bonds. The largest absolute Gasteiger partial charge is 0.448 e. The second-order valence-electron chi connectivity index (χ2n) is 8.25. The van der Waals surface area contributed by atoms with Gasteiger partial charge in [0.2, 0.25) is 0 Å². The van der Waals surface area contributed by atoms with Crippen molar-refractivity contribution in [3.05, 3.63) is 11.9 Å². The summed E-state index contributed by atoms with van der Waals surface area (Å²) in [6, 6.07) is 0. The van der Waals surface area contributed by atoms with Gasteiger partial charge in [0, 0.05) is 0 Å². The molecule has 1 aromatic rings. The third-order valence-electron chi connectivity index (χ3n) is 6.00. The Balaban J connectivity index is 1.45. The van der Waals surface area contributed by atoms with Crippen molar-refractivity contribution in [1.29, 1.82) is 0 Å². The van der Waals surface area contributed by atoms with Crippen LogP contribution in [-0.4, -0.2) is 143 Å². The summed E-state index contributed by atoms with van der Waals surface area (Å²) in [5.41, 5.74) is 0.365. The van der Waals surface area contributed by atoms with Crippen LogP contribution in [0.5, 0.6) is 0 Å². The van der Waals surface area contributed by atoms with Gasteiger partial charge in [0.05, 0.1) is 32.5 Å². The molecule has 16 nitrogen and oxygen atoms in total. The molecular formula is C18H28N4O12. The van der Waals surface area contributed by atoms with Crippen molar-refractivity contribution in [2.75, 3.05) is 26.4 Å². The number of aliphatic hydroxyl groups is 7. The van der Waals surface area contributed by atoms with Crippen LogP contribution in [0.4, 0.5) is 4.79 Å². The highest BCUT2D eigenvalue weighted by molar-refractivity contribution is 5.69. The van der Waals surface area contributed by atoms with Gasteiger partial charge in [-0.2, -0.15) is 0 Å². The molecule has 0 aliphatic carbocycles. The SMILES string of the molecule is O=C1OCCN1Cc1cn([C@@H]2O[C@H](CO)[C@@H](O[C@@H]3O[C@H](CO)[C@H](O)[C@H](O)[C@H]3O)[C@H](O)[C@H]2O)nn1. The van der Waals surface area contributed by atoms with Crippen LogP contribution in [0.3, 0.4) is 0 Å². The Bertz CT molecular complexity index is 840. The molecule has 0 bridgehead atoms. The fourth-order valence-corrected chi connectivity index (χ4v) is 4.06. The zero-order valence-corrected chi connectivity index (χ0v) is 17.8. The summed E-state index contributed by atoms with van der Waals surface area (Å²) in [6.45, 7) is -0.611. The second kappa shape index (κ2) is 10.3. The Labute approximate surface area is 192 Å². The van der Waals surface area contributed by atoms with Gasteiger partial charge < -0.3 is 54.7 Å². The van der Waals surface area contributed by atoms with E-state index in [4.69, 9.17) is 18.9 Å². The maximum absolute atomic E-state index is 11.6. The van der Waals surface area contributed by atoms with Crippen molar-refractivity contribution >= 4 is 6.09 Å². The minimum absolute atomic E-state index is 0.108. The first-order valence-corrected chi connectivity index (χ1v) is 10.7. The van der Waals surface area contributed by atoms with E-state index in [9.17, 15) is 40.5 Å². The summed E-state index contributed by atoms with van der Waals surface area (Å²) < 4.78 is 22.4. The van der Waals surface area contributed by atoms with Crippen molar-refractivity contribution < 1.29 is 59.5 Å².